The normalized spacial score (nSPS) is 24.8. The summed E-state index contributed by atoms with van der Waals surface area (Å²) in [5.74, 6) is -2.14. The van der Waals surface area contributed by atoms with Gasteiger partial charge in [0.2, 0.25) is 5.91 Å². The highest BCUT2D eigenvalue weighted by atomic mass is 16.5. The van der Waals surface area contributed by atoms with Crippen LogP contribution in [0.5, 0.6) is 0 Å². The number of carbonyl (C=O) groups excluding carboxylic acids is 1. The maximum absolute atomic E-state index is 12.1. The van der Waals surface area contributed by atoms with E-state index in [1.807, 2.05) is 0 Å². The van der Waals surface area contributed by atoms with Crippen molar-refractivity contribution in [3.8, 4) is 0 Å². The molecule has 3 atom stereocenters. The summed E-state index contributed by atoms with van der Waals surface area (Å²) in [4.78, 5) is 24.5. The summed E-state index contributed by atoms with van der Waals surface area (Å²) in [6.07, 6.45) is 1.19. The molecule has 0 aromatic rings. The number of carbonyl (C=O) groups is 2. The van der Waals surface area contributed by atoms with Crippen LogP contribution in [0.2, 0.25) is 0 Å². The molecule has 6 heteroatoms. The maximum Gasteiger partial charge on any atom is 0.307 e. The Hall–Kier alpha value is -1.14. The van der Waals surface area contributed by atoms with E-state index in [4.69, 9.17) is 9.84 Å². The van der Waals surface area contributed by atoms with Crippen molar-refractivity contribution in [2.24, 2.45) is 11.8 Å². The van der Waals surface area contributed by atoms with Crippen molar-refractivity contribution in [3.63, 3.8) is 0 Å². The Morgan fingerprint density at radius 2 is 2.00 bits per heavy atom. The number of carboxylic acid groups (broad SMARTS) is 1. The molecule has 1 aliphatic rings. The minimum absolute atomic E-state index is 0.157. The van der Waals surface area contributed by atoms with Gasteiger partial charge in [-0.2, -0.15) is 0 Å². The fourth-order valence-corrected chi connectivity index (χ4v) is 2.49. The number of likely N-dealkylation sites (N-methyl/N-ethyl adjacent to an activating group) is 1. The lowest BCUT2D eigenvalue weighted by molar-refractivity contribution is -0.149. The number of methoxy groups -OCH3 is 1. The number of ether oxygens (including phenoxy) is 1. The van der Waals surface area contributed by atoms with E-state index in [1.54, 1.807) is 7.05 Å². The summed E-state index contributed by atoms with van der Waals surface area (Å²) in [6.45, 7) is 0.320. The number of aliphatic carboxylic acids is 1. The standard InChI is InChI=1S/C12H21NO5/c1-13(6-8(14)7-18-2)11(15)9-4-3-5-10(9)12(16)17/h8-10,14H,3-7H2,1-2H3,(H,16,17)/t8?,9-,10+/m1/s1. The number of nitrogens with zero attached hydrogens (tertiary/aromatic N) is 1. The van der Waals surface area contributed by atoms with E-state index in [1.165, 1.54) is 12.0 Å². The number of rotatable bonds is 6. The predicted octanol–water partition coefficient (Wildman–Crippen LogP) is -0.0470. The highest BCUT2D eigenvalue weighted by Crippen LogP contribution is 2.33. The summed E-state index contributed by atoms with van der Waals surface area (Å²) in [5.41, 5.74) is 0. The van der Waals surface area contributed by atoms with Crippen LogP contribution in [0, 0.1) is 11.8 Å². The lowest BCUT2D eigenvalue weighted by Crippen LogP contribution is -2.41. The fourth-order valence-electron chi connectivity index (χ4n) is 2.49. The number of aliphatic hydroxyl groups is 1. The second-order valence-electron chi connectivity index (χ2n) is 4.81. The third-order valence-electron chi connectivity index (χ3n) is 3.37. The Morgan fingerprint density at radius 3 is 2.56 bits per heavy atom. The van der Waals surface area contributed by atoms with Crippen molar-refractivity contribution < 1.29 is 24.5 Å². The Kier molecular flexibility index (Phi) is 5.55. The molecule has 104 valence electrons. The average molecular weight is 259 g/mol. The molecule has 6 nitrogen and oxygen atoms in total. The maximum atomic E-state index is 12.1. The van der Waals surface area contributed by atoms with Crippen LogP contribution in [0.15, 0.2) is 0 Å². The van der Waals surface area contributed by atoms with Crippen LogP contribution in [0.1, 0.15) is 19.3 Å². The summed E-state index contributed by atoms with van der Waals surface area (Å²) < 4.78 is 4.79. The zero-order valence-electron chi connectivity index (χ0n) is 10.8. The molecule has 0 heterocycles. The van der Waals surface area contributed by atoms with Gasteiger partial charge in [-0.05, 0) is 12.8 Å². The zero-order valence-corrected chi connectivity index (χ0v) is 10.8. The molecular weight excluding hydrogens is 238 g/mol. The molecule has 1 unspecified atom stereocenters. The van der Waals surface area contributed by atoms with Gasteiger partial charge in [0.1, 0.15) is 0 Å². The smallest absolute Gasteiger partial charge is 0.307 e. The molecule has 0 saturated heterocycles. The van der Waals surface area contributed by atoms with Crippen molar-refractivity contribution in [1.29, 1.82) is 0 Å². The van der Waals surface area contributed by atoms with Crippen molar-refractivity contribution >= 4 is 11.9 Å². The third-order valence-corrected chi connectivity index (χ3v) is 3.37. The summed E-state index contributed by atoms with van der Waals surface area (Å²) >= 11 is 0. The summed E-state index contributed by atoms with van der Waals surface area (Å²) in [5, 5.41) is 18.6. The van der Waals surface area contributed by atoms with Crippen LogP contribution < -0.4 is 0 Å². The molecule has 1 amide bonds. The highest BCUT2D eigenvalue weighted by molar-refractivity contribution is 5.85. The van der Waals surface area contributed by atoms with Crippen LogP contribution in [-0.4, -0.2) is 60.4 Å². The largest absolute Gasteiger partial charge is 0.481 e. The van der Waals surface area contributed by atoms with Gasteiger partial charge < -0.3 is 19.8 Å². The quantitative estimate of drug-likeness (QED) is 0.698. The first-order valence-corrected chi connectivity index (χ1v) is 6.12. The topological polar surface area (TPSA) is 87.1 Å². The van der Waals surface area contributed by atoms with Crippen LogP contribution in [-0.2, 0) is 14.3 Å². The second-order valence-corrected chi connectivity index (χ2v) is 4.81. The molecule has 0 aliphatic heterocycles. The van der Waals surface area contributed by atoms with Gasteiger partial charge in [0.25, 0.3) is 0 Å². The van der Waals surface area contributed by atoms with E-state index in [0.717, 1.165) is 6.42 Å². The van der Waals surface area contributed by atoms with E-state index < -0.39 is 23.9 Å². The van der Waals surface area contributed by atoms with Crippen molar-refractivity contribution in [2.75, 3.05) is 27.3 Å². The van der Waals surface area contributed by atoms with Gasteiger partial charge in [0, 0.05) is 20.7 Å². The van der Waals surface area contributed by atoms with Gasteiger partial charge >= 0.3 is 5.97 Å². The van der Waals surface area contributed by atoms with E-state index in [9.17, 15) is 14.7 Å². The molecule has 2 N–H and O–H groups in total. The van der Waals surface area contributed by atoms with Gasteiger partial charge in [-0.3, -0.25) is 9.59 Å². The van der Waals surface area contributed by atoms with E-state index in [-0.39, 0.29) is 19.1 Å². The average Bonchev–Trinajstić information content (AvgIpc) is 2.76. The highest BCUT2D eigenvalue weighted by Gasteiger charge is 2.39. The van der Waals surface area contributed by atoms with E-state index in [2.05, 4.69) is 0 Å². The van der Waals surface area contributed by atoms with Crippen LogP contribution >= 0.6 is 0 Å². The predicted molar refractivity (Wildman–Crippen MR) is 64.0 cm³/mol. The minimum atomic E-state index is -0.906. The molecular formula is C12H21NO5. The van der Waals surface area contributed by atoms with Crippen molar-refractivity contribution in [2.45, 2.75) is 25.4 Å². The molecule has 18 heavy (non-hydrogen) atoms. The Bertz CT molecular complexity index is 307. The second kappa shape index (κ2) is 6.70. The van der Waals surface area contributed by atoms with Gasteiger partial charge in [0.15, 0.2) is 0 Å². The number of aliphatic hydroxyl groups excluding tert-OH is 1. The van der Waals surface area contributed by atoms with Crippen LogP contribution in [0.3, 0.4) is 0 Å². The van der Waals surface area contributed by atoms with Crippen LogP contribution in [0.25, 0.3) is 0 Å². The van der Waals surface area contributed by atoms with E-state index >= 15 is 0 Å². The minimum Gasteiger partial charge on any atom is -0.481 e. The third kappa shape index (κ3) is 3.68. The first-order valence-electron chi connectivity index (χ1n) is 6.12. The van der Waals surface area contributed by atoms with Crippen molar-refractivity contribution in [3.05, 3.63) is 0 Å². The Morgan fingerprint density at radius 1 is 1.39 bits per heavy atom. The summed E-state index contributed by atoms with van der Waals surface area (Å²) in [7, 11) is 3.06. The molecule has 1 fully saturated rings. The number of carboxylic acids is 1. The molecule has 1 aliphatic carbocycles. The number of hydrogen-bond acceptors (Lipinski definition) is 4. The Balaban J connectivity index is 2.55. The molecule has 0 aromatic carbocycles. The van der Waals surface area contributed by atoms with Gasteiger partial charge in [0.05, 0.1) is 24.5 Å². The molecule has 1 saturated carbocycles. The SMILES string of the molecule is COCC(O)CN(C)C(=O)[C@@H]1CCC[C@@H]1C(=O)O. The Labute approximate surface area is 107 Å². The molecule has 0 radical (unpaired) electrons. The number of hydrogen-bond donors (Lipinski definition) is 2. The lowest BCUT2D eigenvalue weighted by atomic mass is 9.95. The fraction of sp³-hybridized carbons (Fsp3) is 0.833. The molecule has 0 bridgehead atoms. The number of amides is 1. The molecule has 0 aromatic heterocycles. The lowest BCUT2D eigenvalue weighted by Gasteiger charge is -2.25. The van der Waals surface area contributed by atoms with Gasteiger partial charge in [-0.1, -0.05) is 6.42 Å². The van der Waals surface area contributed by atoms with Crippen LogP contribution in [0.4, 0.5) is 0 Å². The molecule has 1 rings (SSSR count). The first-order chi connectivity index (χ1) is 8.47. The van der Waals surface area contributed by atoms with Gasteiger partial charge in [-0.15, -0.1) is 0 Å². The monoisotopic (exact) mass is 259 g/mol. The van der Waals surface area contributed by atoms with Gasteiger partial charge in [-0.25, -0.2) is 0 Å². The molecule has 0 spiro atoms. The zero-order chi connectivity index (χ0) is 13.7. The van der Waals surface area contributed by atoms with Crippen molar-refractivity contribution in [1.82, 2.24) is 4.90 Å². The first kappa shape index (κ1) is 14.9. The summed E-state index contributed by atoms with van der Waals surface area (Å²) in [6, 6.07) is 0. The van der Waals surface area contributed by atoms with E-state index in [0.29, 0.717) is 12.8 Å².